The van der Waals surface area contributed by atoms with E-state index in [0.29, 0.717) is 24.3 Å². The highest BCUT2D eigenvalue weighted by Gasteiger charge is 2.32. The third-order valence-corrected chi connectivity index (χ3v) is 5.93. The van der Waals surface area contributed by atoms with Crippen molar-refractivity contribution >= 4 is 16.1 Å². The number of benzene rings is 1. The molecule has 0 radical (unpaired) electrons. The zero-order valence-corrected chi connectivity index (χ0v) is 17.9. The molecule has 158 valence electrons. The Bertz CT molecular complexity index is 788. The SMILES string of the molecule is COc1ccc(S(=O)(=O)N[C@H]2CCCC[C@H]2NC(=O)OC(C)(C)C)cc1OC. The van der Waals surface area contributed by atoms with E-state index in [2.05, 4.69) is 10.0 Å². The van der Waals surface area contributed by atoms with Crippen LogP contribution in [0.1, 0.15) is 46.5 Å². The van der Waals surface area contributed by atoms with Crippen molar-refractivity contribution in [2.24, 2.45) is 0 Å². The molecule has 0 spiro atoms. The molecule has 2 N–H and O–H groups in total. The van der Waals surface area contributed by atoms with Crippen molar-refractivity contribution in [3.05, 3.63) is 18.2 Å². The van der Waals surface area contributed by atoms with Crippen LogP contribution >= 0.6 is 0 Å². The van der Waals surface area contributed by atoms with E-state index in [9.17, 15) is 13.2 Å². The lowest BCUT2D eigenvalue weighted by Gasteiger charge is -2.33. The van der Waals surface area contributed by atoms with Crippen LogP contribution in [0, 0.1) is 0 Å². The lowest BCUT2D eigenvalue weighted by molar-refractivity contribution is 0.0483. The normalized spacial score (nSPS) is 20.3. The van der Waals surface area contributed by atoms with Gasteiger partial charge in [-0.25, -0.2) is 17.9 Å². The average Bonchev–Trinajstić information content (AvgIpc) is 2.61. The predicted octanol–water partition coefficient (Wildman–Crippen LogP) is 2.82. The van der Waals surface area contributed by atoms with Crippen molar-refractivity contribution in [3.63, 3.8) is 0 Å². The summed E-state index contributed by atoms with van der Waals surface area (Å²) in [6, 6.07) is 3.67. The van der Waals surface area contributed by atoms with E-state index < -0.39 is 27.8 Å². The molecule has 1 saturated carbocycles. The Kier molecular flexibility index (Phi) is 7.16. The second-order valence-corrected chi connectivity index (χ2v) is 9.50. The van der Waals surface area contributed by atoms with Crippen molar-refractivity contribution < 1.29 is 27.4 Å². The molecule has 2 atom stereocenters. The van der Waals surface area contributed by atoms with E-state index in [0.717, 1.165) is 12.8 Å². The zero-order chi connectivity index (χ0) is 20.9. The van der Waals surface area contributed by atoms with Gasteiger partial charge in [0.2, 0.25) is 10.0 Å². The van der Waals surface area contributed by atoms with Crippen LogP contribution in [0.3, 0.4) is 0 Å². The second kappa shape index (κ2) is 9.00. The molecule has 9 heteroatoms. The van der Waals surface area contributed by atoms with E-state index in [1.165, 1.54) is 26.4 Å². The molecule has 1 aliphatic carbocycles. The monoisotopic (exact) mass is 414 g/mol. The molecule has 1 fully saturated rings. The molecular formula is C19H30N2O6S. The van der Waals surface area contributed by atoms with Crippen LogP contribution in [0.2, 0.25) is 0 Å². The van der Waals surface area contributed by atoms with Gasteiger partial charge in [-0.1, -0.05) is 12.8 Å². The number of nitrogens with one attached hydrogen (secondary N) is 2. The van der Waals surface area contributed by atoms with Gasteiger partial charge in [-0.2, -0.15) is 0 Å². The van der Waals surface area contributed by atoms with Gasteiger partial charge in [0, 0.05) is 18.2 Å². The Hall–Kier alpha value is -2.00. The van der Waals surface area contributed by atoms with Crippen LogP contribution in [0.5, 0.6) is 11.5 Å². The predicted molar refractivity (Wildman–Crippen MR) is 105 cm³/mol. The highest BCUT2D eigenvalue weighted by atomic mass is 32.2. The van der Waals surface area contributed by atoms with Crippen molar-refractivity contribution in [2.75, 3.05) is 14.2 Å². The highest BCUT2D eigenvalue weighted by Crippen LogP contribution is 2.30. The van der Waals surface area contributed by atoms with Crippen molar-refractivity contribution in [1.29, 1.82) is 0 Å². The molecule has 28 heavy (non-hydrogen) atoms. The van der Waals surface area contributed by atoms with Crippen LogP contribution in [0.25, 0.3) is 0 Å². The van der Waals surface area contributed by atoms with E-state index >= 15 is 0 Å². The van der Waals surface area contributed by atoms with Gasteiger partial charge in [0.1, 0.15) is 5.60 Å². The number of rotatable bonds is 6. The number of hydrogen-bond acceptors (Lipinski definition) is 6. The van der Waals surface area contributed by atoms with E-state index in [-0.39, 0.29) is 10.9 Å². The quantitative estimate of drug-likeness (QED) is 0.742. The number of hydrogen-bond donors (Lipinski definition) is 2. The van der Waals surface area contributed by atoms with Gasteiger partial charge in [-0.05, 0) is 45.7 Å². The number of ether oxygens (including phenoxy) is 3. The summed E-state index contributed by atoms with van der Waals surface area (Å²) in [6.45, 7) is 5.35. The number of carbonyl (C=O) groups excluding carboxylic acids is 1. The van der Waals surface area contributed by atoms with Gasteiger partial charge >= 0.3 is 6.09 Å². The first kappa shape index (κ1) is 22.3. The maximum absolute atomic E-state index is 12.9. The Balaban J connectivity index is 2.15. The minimum atomic E-state index is -3.80. The number of sulfonamides is 1. The summed E-state index contributed by atoms with van der Waals surface area (Å²) in [5, 5.41) is 2.81. The second-order valence-electron chi connectivity index (χ2n) is 7.78. The summed E-state index contributed by atoms with van der Waals surface area (Å²) in [6.07, 6.45) is 2.56. The van der Waals surface area contributed by atoms with Crippen molar-refractivity contribution in [1.82, 2.24) is 10.0 Å². The zero-order valence-electron chi connectivity index (χ0n) is 17.1. The van der Waals surface area contributed by atoms with Gasteiger partial charge in [0.15, 0.2) is 11.5 Å². The van der Waals surface area contributed by atoms with Crippen LogP contribution < -0.4 is 19.5 Å². The lowest BCUT2D eigenvalue weighted by Crippen LogP contribution is -2.53. The fraction of sp³-hybridized carbons (Fsp3) is 0.632. The molecule has 0 aromatic heterocycles. The molecule has 2 rings (SSSR count). The summed E-state index contributed by atoms with van der Waals surface area (Å²) < 4.78 is 44.1. The fourth-order valence-corrected chi connectivity index (χ4v) is 4.48. The maximum Gasteiger partial charge on any atom is 0.407 e. The Labute approximate surface area is 167 Å². The third kappa shape index (κ3) is 6.00. The molecule has 0 saturated heterocycles. The highest BCUT2D eigenvalue weighted by molar-refractivity contribution is 7.89. The van der Waals surface area contributed by atoms with Gasteiger partial charge in [0.25, 0.3) is 0 Å². The molecule has 0 aliphatic heterocycles. The first-order valence-corrected chi connectivity index (χ1v) is 10.8. The molecule has 8 nitrogen and oxygen atoms in total. The molecule has 1 aromatic carbocycles. The Morgan fingerprint density at radius 1 is 1.04 bits per heavy atom. The number of alkyl carbamates (subject to hydrolysis) is 1. The molecule has 1 aromatic rings. The summed E-state index contributed by atoms with van der Waals surface area (Å²) in [4.78, 5) is 12.2. The maximum atomic E-state index is 12.9. The third-order valence-electron chi connectivity index (χ3n) is 4.44. The number of methoxy groups -OCH3 is 2. The Morgan fingerprint density at radius 3 is 2.21 bits per heavy atom. The van der Waals surface area contributed by atoms with Gasteiger partial charge < -0.3 is 19.5 Å². The summed E-state index contributed by atoms with van der Waals surface area (Å²) >= 11 is 0. The minimum Gasteiger partial charge on any atom is -0.493 e. The largest absolute Gasteiger partial charge is 0.493 e. The summed E-state index contributed by atoms with van der Waals surface area (Å²) in [5.41, 5.74) is -0.618. The number of amides is 1. The smallest absolute Gasteiger partial charge is 0.407 e. The topological polar surface area (TPSA) is 103 Å². The minimum absolute atomic E-state index is 0.0757. The number of carbonyl (C=O) groups is 1. The van der Waals surface area contributed by atoms with E-state index in [1.54, 1.807) is 26.8 Å². The van der Waals surface area contributed by atoms with E-state index in [4.69, 9.17) is 14.2 Å². The summed E-state index contributed by atoms with van der Waals surface area (Å²) in [7, 11) is -0.866. The van der Waals surface area contributed by atoms with Crippen molar-refractivity contribution in [2.45, 2.75) is 69.0 Å². The van der Waals surface area contributed by atoms with Gasteiger partial charge in [-0.3, -0.25) is 0 Å². The lowest BCUT2D eigenvalue weighted by atomic mass is 9.91. The van der Waals surface area contributed by atoms with Crippen molar-refractivity contribution in [3.8, 4) is 11.5 Å². The molecule has 0 heterocycles. The van der Waals surface area contributed by atoms with Gasteiger partial charge in [0.05, 0.1) is 19.1 Å². The van der Waals surface area contributed by atoms with Crippen LogP contribution in [-0.2, 0) is 14.8 Å². The van der Waals surface area contributed by atoms with Gasteiger partial charge in [-0.15, -0.1) is 0 Å². The fourth-order valence-electron chi connectivity index (χ4n) is 3.15. The van der Waals surface area contributed by atoms with E-state index in [1.807, 2.05) is 0 Å². The molecular weight excluding hydrogens is 384 g/mol. The molecule has 1 aliphatic rings. The van der Waals surface area contributed by atoms with Crippen LogP contribution in [-0.4, -0.2) is 46.4 Å². The first-order chi connectivity index (χ1) is 13.1. The molecule has 0 unspecified atom stereocenters. The standard InChI is InChI=1S/C19H30N2O6S/c1-19(2,3)27-18(22)20-14-8-6-7-9-15(14)21-28(23,24)13-10-11-16(25-4)17(12-13)26-5/h10-12,14-15,21H,6-9H2,1-5H3,(H,20,22)/t14-,15+/m1/s1. The average molecular weight is 415 g/mol. The first-order valence-electron chi connectivity index (χ1n) is 9.29. The van der Waals surface area contributed by atoms with Crippen LogP contribution in [0.4, 0.5) is 4.79 Å². The van der Waals surface area contributed by atoms with Crippen LogP contribution in [0.15, 0.2) is 23.1 Å². The molecule has 0 bridgehead atoms. The molecule has 1 amide bonds. The Morgan fingerprint density at radius 2 is 1.64 bits per heavy atom. The summed E-state index contributed by atoms with van der Waals surface area (Å²) in [5.74, 6) is 0.779.